The SMILES string of the molecule is OCCOCCCNCC(O)COc1ccc(Cl)c(Cl)c1. The van der Waals surface area contributed by atoms with E-state index in [1.54, 1.807) is 18.2 Å². The van der Waals surface area contributed by atoms with Crippen LogP contribution in [0.4, 0.5) is 0 Å². The second kappa shape index (κ2) is 11.1. The molecule has 0 saturated carbocycles. The van der Waals surface area contributed by atoms with E-state index >= 15 is 0 Å². The summed E-state index contributed by atoms with van der Waals surface area (Å²) in [4.78, 5) is 0. The van der Waals surface area contributed by atoms with Crippen LogP contribution in [0.2, 0.25) is 10.0 Å². The van der Waals surface area contributed by atoms with Crippen LogP contribution in [0.5, 0.6) is 5.75 Å². The fourth-order valence-corrected chi connectivity index (χ4v) is 1.84. The lowest BCUT2D eigenvalue weighted by molar-refractivity contribution is 0.0875. The maximum absolute atomic E-state index is 9.76. The van der Waals surface area contributed by atoms with Gasteiger partial charge >= 0.3 is 0 Å². The minimum absolute atomic E-state index is 0.0399. The van der Waals surface area contributed by atoms with Crippen molar-refractivity contribution >= 4 is 23.2 Å². The van der Waals surface area contributed by atoms with Gasteiger partial charge in [0, 0.05) is 19.2 Å². The van der Waals surface area contributed by atoms with E-state index < -0.39 is 6.10 Å². The lowest BCUT2D eigenvalue weighted by Crippen LogP contribution is -2.32. The Balaban J connectivity index is 2.08. The quantitative estimate of drug-likeness (QED) is 0.536. The van der Waals surface area contributed by atoms with E-state index in [-0.39, 0.29) is 13.2 Å². The van der Waals surface area contributed by atoms with Crippen LogP contribution in [0.3, 0.4) is 0 Å². The van der Waals surface area contributed by atoms with Crippen molar-refractivity contribution in [2.45, 2.75) is 12.5 Å². The normalized spacial score (nSPS) is 12.4. The molecule has 0 aliphatic heterocycles. The van der Waals surface area contributed by atoms with Crippen LogP contribution in [0.1, 0.15) is 6.42 Å². The van der Waals surface area contributed by atoms with Gasteiger partial charge in [0.05, 0.1) is 23.3 Å². The van der Waals surface area contributed by atoms with Crippen molar-refractivity contribution in [3.63, 3.8) is 0 Å². The van der Waals surface area contributed by atoms with Gasteiger partial charge < -0.3 is 25.0 Å². The Morgan fingerprint density at radius 2 is 2.00 bits per heavy atom. The molecule has 120 valence electrons. The molecular weight excluding hydrogens is 317 g/mol. The van der Waals surface area contributed by atoms with Crippen molar-refractivity contribution in [1.29, 1.82) is 0 Å². The lowest BCUT2D eigenvalue weighted by Gasteiger charge is -2.13. The van der Waals surface area contributed by atoms with Gasteiger partial charge in [-0.15, -0.1) is 0 Å². The molecule has 0 saturated heterocycles. The number of hydrogen-bond acceptors (Lipinski definition) is 5. The number of halogens is 2. The fraction of sp³-hybridized carbons (Fsp3) is 0.571. The number of benzene rings is 1. The van der Waals surface area contributed by atoms with Gasteiger partial charge in [0.15, 0.2) is 0 Å². The predicted molar refractivity (Wildman–Crippen MR) is 83.4 cm³/mol. The Kier molecular flexibility index (Phi) is 9.74. The van der Waals surface area contributed by atoms with Gasteiger partial charge in [-0.3, -0.25) is 0 Å². The van der Waals surface area contributed by atoms with Gasteiger partial charge in [0.25, 0.3) is 0 Å². The molecule has 0 aliphatic rings. The summed E-state index contributed by atoms with van der Waals surface area (Å²) in [6, 6.07) is 4.96. The molecule has 0 spiro atoms. The van der Waals surface area contributed by atoms with Gasteiger partial charge in [-0.05, 0) is 25.1 Å². The molecule has 3 N–H and O–H groups in total. The van der Waals surface area contributed by atoms with Crippen molar-refractivity contribution in [2.75, 3.05) is 39.5 Å². The topological polar surface area (TPSA) is 71.0 Å². The average Bonchev–Trinajstić information content (AvgIpc) is 2.47. The smallest absolute Gasteiger partial charge is 0.121 e. The molecule has 0 radical (unpaired) electrons. The summed E-state index contributed by atoms with van der Waals surface area (Å²) in [5.74, 6) is 0.570. The highest BCUT2D eigenvalue weighted by Crippen LogP contribution is 2.26. The summed E-state index contributed by atoms with van der Waals surface area (Å²) < 4.78 is 10.5. The summed E-state index contributed by atoms with van der Waals surface area (Å²) in [6.45, 7) is 2.32. The zero-order valence-electron chi connectivity index (χ0n) is 11.7. The van der Waals surface area contributed by atoms with Crippen molar-refractivity contribution in [3.8, 4) is 5.75 Å². The van der Waals surface area contributed by atoms with Crippen LogP contribution in [0.25, 0.3) is 0 Å². The summed E-state index contributed by atoms with van der Waals surface area (Å²) in [7, 11) is 0. The highest BCUT2D eigenvalue weighted by Gasteiger charge is 2.06. The predicted octanol–water partition coefficient (Wildman–Crippen LogP) is 1.72. The molecule has 1 unspecified atom stereocenters. The first kappa shape index (κ1) is 18.5. The standard InChI is InChI=1S/C14H21Cl2NO4/c15-13-3-2-12(8-14(13)16)21-10-11(19)9-17-4-1-6-20-7-5-18/h2-3,8,11,17-19H,1,4-7,9-10H2. The highest BCUT2D eigenvalue weighted by atomic mass is 35.5. The van der Waals surface area contributed by atoms with E-state index in [1.165, 1.54) is 0 Å². The van der Waals surface area contributed by atoms with Gasteiger partial charge in [0.2, 0.25) is 0 Å². The number of nitrogens with one attached hydrogen (secondary N) is 1. The third-order valence-electron chi connectivity index (χ3n) is 2.59. The maximum atomic E-state index is 9.76. The van der Waals surface area contributed by atoms with Crippen molar-refractivity contribution < 1.29 is 19.7 Å². The van der Waals surface area contributed by atoms with Crippen LogP contribution >= 0.6 is 23.2 Å². The molecule has 5 nitrogen and oxygen atoms in total. The molecule has 1 aromatic carbocycles. The molecule has 1 rings (SSSR count). The van der Waals surface area contributed by atoms with Gasteiger partial charge in [-0.2, -0.15) is 0 Å². The third-order valence-corrected chi connectivity index (χ3v) is 3.33. The van der Waals surface area contributed by atoms with Crippen LogP contribution in [0.15, 0.2) is 18.2 Å². The van der Waals surface area contributed by atoms with Crippen molar-refractivity contribution in [3.05, 3.63) is 28.2 Å². The highest BCUT2D eigenvalue weighted by molar-refractivity contribution is 6.42. The van der Waals surface area contributed by atoms with Crippen LogP contribution in [0, 0.1) is 0 Å². The molecule has 0 amide bonds. The molecule has 0 bridgehead atoms. The Bertz CT molecular complexity index is 407. The second-order valence-electron chi connectivity index (χ2n) is 4.43. The van der Waals surface area contributed by atoms with Crippen molar-refractivity contribution in [1.82, 2.24) is 5.32 Å². The monoisotopic (exact) mass is 337 g/mol. The van der Waals surface area contributed by atoms with Crippen LogP contribution in [-0.2, 0) is 4.74 Å². The zero-order valence-corrected chi connectivity index (χ0v) is 13.2. The number of aliphatic hydroxyl groups is 2. The number of hydrogen-bond donors (Lipinski definition) is 3. The van der Waals surface area contributed by atoms with Gasteiger partial charge in [-0.25, -0.2) is 0 Å². The Labute approximate surface area is 134 Å². The molecule has 1 aromatic rings. The minimum atomic E-state index is -0.613. The number of aliphatic hydroxyl groups excluding tert-OH is 2. The minimum Gasteiger partial charge on any atom is -0.491 e. The summed E-state index contributed by atoms with van der Waals surface area (Å²) in [5, 5.41) is 22.3. The van der Waals surface area contributed by atoms with E-state index in [2.05, 4.69) is 5.32 Å². The molecule has 21 heavy (non-hydrogen) atoms. The summed E-state index contributed by atoms with van der Waals surface area (Å²) >= 11 is 11.7. The van der Waals surface area contributed by atoms with E-state index in [0.29, 0.717) is 35.6 Å². The second-order valence-corrected chi connectivity index (χ2v) is 5.25. The molecule has 0 aromatic heterocycles. The van der Waals surface area contributed by atoms with Crippen LogP contribution in [-0.4, -0.2) is 55.8 Å². The maximum Gasteiger partial charge on any atom is 0.121 e. The molecule has 7 heteroatoms. The van der Waals surface area contributed by atoms with E-state index in [4.69, 9.17) is 37.8 Å². The van der Waals surface area contributed by atoms with Crippen molar-refractivity contribution in [2.24, 2.45) is 0 Å². The Hall–Kier alpha value is -0.560. The number of rotatable bonds is 11. The fourth-order valence-electron chi connectivity index (χ4n) is 1.55. The summed E-state index contributed by atoms with van der Waals surface area (Å²) in [5.41, 5.74) is 0. The zero-order chi connectivity index (χ0) is 15.5. The van der Waals surface area contributed by atoms with E-state index in [0.717, 1.165) is 13.0 Å². The molecular formula is C14H21Cl2NO4. The first-order valence-corrected chi connectivity index (χ1v) is 7.54. The molecule has 0 aliphatic carbocycles. The molecule has 1 atom stereocenters. The van der Waals surface area contributed by atoms with Gasteiger partial charge in [-0.1, -0.05) is 23.2 Å². The van der Waals surface area contributed by atoms with E-state index in [9.17, 15) is 5.11 Å². The first-order chi connectivity index (χ1) is 10.1. The van der Waals surface area contributed by atoms with E-state index in [1.807, 2.05) is 0 Å². The largest absolute Gasteiger partial charge is 0.491 e. The summed E-state index contributed by atoms with van der Waals surface area (Å²) in [6.07, 6.45) is 0.207. The average molecular weight is 338 g/mol. The Morgan fingerprint density at radius 1 is 1.19 bits per heavy atom. The van der Waals surface area contributed by atoms with Gasteiger partial charge in [0.1, 0.15) is 18.5 Å². The van der Waals surface area contributed by atoms with Crippen LogP contribution < -0.4 is 10.1 Å². The Morgan fingerprint density at radius 3 is 2.71 bits per heavy atom. The first-order valence-electron chi connectivity index (χ1n) is 6.78. The number of ether oxygens (including phenoxy) is 2. The molecule has 0 fully saturated rings. The molecule has 0 heterocycles. The lowest BCUT2D eigenvalue weighted by atomic mass is 10.3. The third kappa shape index (κ3) is 8.46.